The van der Waals surface area contributed by atoms with Crippen molar-refractivity contribution in [2.45, 2.75) is 37.8 Å². The van der Waals surface area contributed by atoms with Crippen LogP contribution in [0.4, 0.5) is 9.93 Å². The summed E-state index contributed by atoms with van der Waals surface area (Å²) in [6.45, 7) is 0.0356. The minimum Gasteiger partial charge on any atom is -0.480 e. The van der Waals surface area contributed by atoms with Crippen LogP contribution in [0.15, 0.2) is 0 Å². The maximum atomic E-state index is 12.1. The highest BCUT2D eigenvalue weighted by Gasteiger charge is 2.39. The predicted octanol–water partition coefficient (Wildman–Crippen LogP) is 0.684. The van der Waals surface area contributed by atoms with Crippen LogP contribution in [0.5, 0.6) is 0 Å². The number of aryl methyl sites for hydroxylation is 2. The van der Waals surface area contributed by atoms with E-state index in [1.54, 1.807) is 0 Å². The molecule has 2 atom stereocenters. The number of carboxylic acid groups (broad SMARTS) is 1. The third kappa shape index (κ3) is 2.36. The van der Waals surface area contributed by atoms with Gasteiger partial charge in [-0.05, 0) is 19.3 Å². The van der Waals surface area contributed by atoms with Gasteiger partial charge in [0.1, 0.15) is 6.04 Å². The van der Waals surface area contributed by atoms with Crippen molar-refractivity contribution in [3.8, 4) is 0 Å². The lowest BCUT2D eigenvalue weighted by Crippen LogP contribution is -2.43. The van der Waals surface area contributed by atoms with Gasteiger partial charge in [-0.3, -0.25) is 5.32 Å². The minimum atomic E-state index is -1.10. The highest BCUT2D eigenvalue weighted by molar-refractivity contribution is 7.15. The SMILES string of the molecule is O=C(O)[C@@H]1CC(O)CN1C(=O)Nc1nc2c(s1)CCC2. The molecule has 1 fully saturated rings. The summed E-state index contributed by atoms with van der Waals surface area (Å²) in [5, 5.41) is 21.7. The summed E-state index contributed by atoms with van der Waals surface area (Å²) >= 11 is 1.44. The third-order valence-corrected chi connectivity index (χ3v) is 4.71. The van der Waals surface area contributed by atoms with E-state index in [0.29, 0.717) is 5.13 Å². The molecule has 3 rings (SSSR count). The molecule has 1 aromatic rings. The van der Waals surface area contributed by atoms with Gasteiger partial charge in [0.05, 0.1) is 11.8 Å². The van der Waals surface area contributed by atoms with E-state index in [0.717, 1.165) is 29.9 Å². The van der Waals surface area contributed by atoms with Gasteiger partial charge in [0.25, 0.3) is 0 Å². The van der Waals surface area contributed by atoms with Gasteiger partial charge in [-0.15, -0.1) is 11.3 Å². The Morgan fingerprint density at radius 2 is 2.20 bits per heavy atom. The van der Waals surface area contributed by atoms with Crippen LogP contribution in [0, 0.1) is 0 Å². The maximum Gasteiger partial charge on any atom is 0.326 e. The molecular formula is C12H15N3O4S. The Balaban J connectivity index is 1.70. The summed E-state index contributed by atoms with van der Waals surface area (Å²) in [6.07, 6.45) is 2.30. The molecule has 108 valence electrons. The van der Waals surface area contributed by atoms with E-state index in [9.17, 15) is 14.7 Å². The molecule has 1 aliphatic heterocycles. The van der Waals surface area contributed by atoms with Gasteiger partial charge in [-0.2, -0.15) is 0 Å². The van der Waals surface area contributed by atoms with E-state index in [4.69, 9.17) is 5.11 Å². The quantitative estimate of drug-likeness (QED) is 0.745. The molecule has 2 heterocycles. The van der Waals surface area contributed by atoms with Crippen LogP contribution in [0.2, 0.25) is 0 Å². The van der Waals surface area contributed by atoms with Crippen molar-refractivity contribution in [1.29, 1.82) is 0 Å². The van der Waals surface area contributed by atoms with Crippen molar-refractivity contribution < 1.29 is 19.8 Å². The summed E-state index contributed by atoms with van der Waals surface area (Å²) in [6, 6.07) is -1.49. The second-order valence-corrected chi connectivity index (χ2v) is 6.15. The molecule has 7 nitrogen and oxygen atoms in total. The lowest BCUT2D eigenvalue weighted by molar-refractivity contribution is -0.141. The number of urea groups is 1. The van der Waals surface area contributed by atoms with Crippen LogP contribution in [-0.2, 0) is 17.6 Å². The fourth-order valence-corrected chi connectivity index (χ4v) is 3.72. The first-order chi connectivity index (χ1) is 9.54. The number of carbonyl (C=O) groups excluding carboxylic acids is 1. The number of thiazole rings is 1. The number of aliphatic hydroxyl groups excluding tert-OH is 1. The minimum absolute atomic E-state index is 0.0356. The van der Waals surface area contributed by atoms with Crippen molar-refractivity contribution in [1.82, 2.24) is 9.88 Å². The lowest BCUT2D eigenvalue weighted by Gasteiger charge is -2.20. The van der Waals surface area contributed by atoms with E-state index >= 15 is 0 Å². The molecule has 1 aliphatic carbocycles. The standard InChI is InChI=1S/C12H15N3O4S/c16-6-4-8(10(17)18)15(5-6)12(19)14-11-13-7-2-1-3-9(7)20-11/h6,8,16H,1-5H2,(H,17,18)(H,13,14,19)/t6?,8-/m0/s1. The Morgan fingerprint density at radius 3 is 2.90 bits per heavy atom. The number of aromatic nitrogens is 1. The predicted molar refractivity (Wildman–Crippen MR) is 71.9 cm³/mol. The fourth-order valence-electron chi connectivity index (χ4n) is 2.68. The van der Waals surface area contributed by atoms with Crippen LogP contribution >= 0.6 is 11.3 Å². The van der Waals surface area contributed by atoms with Crippen molar-refractivity contribution in [2.24, 2.45) is 0 Å². The number of β-amino-alcohol motifs (C(OH)–C–C–N with tert-alkyl or cyclic N) is 1. The Bertz CT molecular complexity index is 537. The van der Waals surface area contributed by atoms with E-state index in [1.807, 2.05) is 0 Å². The van der Waals surface area contributed by atoms with Gasteiger partial charge in [0.2, 0.25) is 0 Å². The molecule has 8 heteroatoms. The number of aliphatic carboxylic acids is 1. The van der Waals surface area contributed by atoms with Crippen molar-refractivity contribution in [3.63, 3.8) is 0 Å². The molecule has 2 aliphatic rings. The van der Waals surface area contributed by atoms with Gasteiger partial charge in [-0.1, -0.05) is 0 Å². The van der Waals surface area contributed by atoms with E-state index in [2.05, 4.69) is 10.3 Å². The number of aliphatic hydroxyl groups is 1. The first-order valence-electron chi connectivity index (χ1n) is 6.51. The number of fused-ring (bicyclic) bond motifs is 1. The monoisotopic (exact) mass is 297 g/mol. The number of nitrogens with one attached hydrogen (secondary N) is 1. The zero-order valence-electron chi connectivity index (χ0n) is 10.7. The average Bonchev–Trinajstić information content (AvgIpc) is 3.02. The summed E-state index contributed by atoms with van der Waals surface area (Å²) in [4.78, 5) is 29.9. The molecule has 0 aromatic carbocycles. The van der Waals surface area contributed by atoms with E-state index in [1.165, 1.54) is 16.2 Å². The van der Waals surface area contributed by atoms with Crippen LogP contribution in [-0.4, -0.2) is 50.8 Å². The van der Waals surface area contributed by atoms with Crippen molar-refractivity contribution >= 4 is 28.5 Å². The third-order valence-electron chi connectivity index (χ3n) is 3.63. The number of carbonyl (C=O) groups is 2. The topological polar surface area (TPSA) is 103 Å². The highest BCUT2D eigenvalue weighted by atomic mass is 32.1. The molecule has 0 bridgehead atoms. The zero-order valence-corrected chi connectivity index (χ0v) is 11.5. The van der Waals surface area contributed by atoms with Crippen LogP contribution in [0.1, 0.15) is 23.4 Å². The number of rotatable bonds is 2. The molecule has 0 saturated carbocycles. The van der Waals surface area contributed by atoms with Gasteiger partial charge < -0.3 is 15.1 Å². The number of hydrogen-bond donors (Lipinski definition) is 3. The number of anilines is 1. The molecule has 2 amide bonds. The number of carboxylic acids is 1. The van der Waals surface area contributed by atoms with Crippen LogP contribution < -0.4 is 5.32 Å². The summed E-state index contributed by atoms with van der Waals surface area (Å²) in [5.41, 5.74) is 1.03. The fraction of sp³-hybridized carbons (Fsp3) is 0.583. The smallest absolute Gasteiger partial charge is 0.326 e. The average molecular weight is 297 g/mol. The van der Waals surface area contributed by atoms with E-state index < -0.39 is 24.1 Å². The number of amides is 2. The number of likely N-dealkylation sites (tertiary alicyclic amines) is 1. The van der Waals surface area contributed by atoms with Crippen molar-refractivity contribution in [3.05, 3.63) is 10.6 Å². The summed E-state index contributed by atoms with van der Waals surface area (Å²) in [7, 11) is 0. The molecule has 1 saturated heterocycles. The normalized spacial score (nSPS) is 24.8. The second-order valence-electron chi connectivity index (χ2n) is 5.07. The first kappa shape index (κ1) is 13.3. The van der Waals surface area contributed by atoms with Gasteiger partial charge in [0, 0.05) is 17.8 Å². The van der Waals surface area contributed by atoms with Gasteiger partial charge in [-0.25, -0.2) is 14.6 Å². The van der Waals surface area contributed by atoms with Gasteiger partial charge in [0.15, 0.2) is 5.13 Å². The maximum absolute atomic E-state index is 12.1. The lowest BCUT2D eigenvalue weighted by atomic mass is 10.2. The van der Waals surface area contributed by atoms with Gasteiger partial charge >= 0.3 is 12.0 Å². The van der Waals surface area contributed by atoms with Crippen LogP contribution in [0.25, 0.3) is 0 Å². The van der Waals surface area contributed by atoms with Crippen molar-refractivity contribution in [2.75, 3.05) is 11.9 Å². The first-order valence-corrected chi connectivity index (χ1v) is 7.33. The largest absolute Gasteiger partial charge is 0.480 e. The summed E-state index contributed by atoms with van der Waals surface area (Å²) < 4.78 is 0. The molecule has 0 spiro atoms. The molecule has 20 heavy (non-hydrogen) atoms. The Labute approximate surface area is 119 Å². The highest BCUT2D eigenvalue weighted by Crippen LogP contribution is 2.31. The zero-order chi connectivity index (χ0) is 14.3. The molecular weight excluding hydrogens is 282 g/mol. The molecule has 0 radical (unpaired) electrons. The number of hydrogen-bond acceptors (Lipinski definition) is 5. The Kier molecular flexibility index (Phi) is 3.35. The number of nitrogens with zero attached hydrogens (tertiary/aromatic N) is 2. The molecule has 1 unspecified atom stereocenters. The Hall–Kier alpha value is -1.67. The molecule has 3 N–H and O–H groups in total. The van der Waals surface area contributed by atoms with Crippen LogP contribution in [0.3, 0.4) is 0 Å². The summed E-state index contributed by atoms with van der Waals surface area (Å²) in [5.74, 6) is -1.10. The second kappa shape index (κ2) is 5.02. The molecule has 1 aromatic heterocycles. The van der Waals surface area contributed by atoms with E-state index in [-0.39, 0.29) is 13.0 Å². The Morgan fingerprint density at radius 1 is 1.40 bits per heavy atom.